The van der Waals surface area contributed by atoms with E-state index >= 15 is 0 Å². The summed E-state index contributed by atoms with van der Waals surface area (Å²) >= 11 is 0. The number of fused-ring (bicyclic) bond motifs is 2. The topological polar surface area (TPSA) is 59.1 Å². The Hall–Kier alpha value is -1.92. The number of likely N-dealkylation sites (N-methyl/N-ethyl adjacent to an activating group) is 1. The van der Waals surface area contributed by atoms with Crippen LogP contribution in [-0.2, 0) is 20.1 Å². The van der Waals surface area contributed by atoms with Crippen molar-refractivity contribution in [3.05, 3.63) is 29.3 Å². The molecule has 3 aliphatic heterocycles. The summed E-state index contributed by atoms with van der Waals surface area (Å²) in [5.41, 5.74) is 2.05. The van der Waals surface area contributed by atoms with Crippen LogP contribution in [0.1, 0.15) is 48.5 Å². The van der Waals surface area contributed by atoms with Gasteiger partial charge < -0.3 is 19.3 Å². The molecule has 0 saturated carbocycles. The maximum atomic E-state index is 12.9. The summed E-state index contributed by atoms with van der Waals surface area (Å²) in [7, 11) is 0. The number of rotatable bonds is 2. The third-order valence-corrected chi connectivity index (χ3v) is 5.27. The highest BCUT2D eigenvalue weighted by Crippen LogP contribution is 2.45. The second-order valence-electron chi connectivity index (χ2n) is 6.80. The summed E-state index contributed by atoms with van der Waals surface area (Å²) in [6.45, 7) is 5.03. The molecule has 2 amide bonds. The molecule has 2 fully saturated rings. The molecule has 3 heterocycles. The highest BCUT2D eigenvalue weighted by atomic mass is 16.7. The van der Waals surface area contributed by atoms with Crippen molar-refractivity contribution < 1.29 is 19.1 Å². The molecule has 6 heteroatoms. The van der Waals surface area contributed by atoms with E-state index in [0.717, 1.165) is 38.0 Å². The van der Waals surface area contributed by atoms with Gasteiger partial charge in [-0.25, -0.2) is 0 Å². The van der Waals surface area contributed by atoms with E-state index in [1.807, 2.05) is 24.0 Å². The van der Waals surface area contributed by atoms with Crippen LogP contribution in [0.2, 0.25) is 0 Å². The van der Waals surface area contributed by atoms with Crippen molar-refractivity contribution in [2.24, 2.45) is 0 Å². The van der Waals surface area contributed by atoms with Gasteiger partial charge in [0, 0.05) is 30.8 Å². The molecule has 0 unspecified atom stereocenters. The molecule has 0 atom stereocenters. The second kappa shape index (κ2) is 6.42. The van der Waals surface area contributed by atoms with Crippen LogP contribution in [0.15, 0.2) is 18.2 Å². The van der Waals surface area contributed by atoms with Crippen LogP contribution in [0.5, 0.6) is 0 Å². The van der Waals surface area contributed by atoms with Crippen molar-refractivity contribution in [1.29, 1.82) is 0 Å². The van der Waals surface area contributed by atoms with E-state index in [2.05, 4.69) is 0 Å². The number of amides is 2. The van der Waals surface area contributed by atoms with Crippen LogP contribution in [0.25, 0.3) is 0 Å². The SMILES string of the molecule is CCN1C(=O)C2(OCCCO2)c2cc(C(=O)N3CCCCC3)ccc21. The van der Waals surface area contributed by atoms with Gasteiger partial charge in [0.05, 0.1) is 18.9 Å². The summed E-state index contributed by atoms with van der Waals surface area (Å²) in [5.74, 6) is -1.54. The Labute approximate surface area is 147 Å². The molecule has 0 radical (unpaired) electrons. The lowest BCUT2D eigenvalue weighted by Gasteiger charge is -2.32. The lowest BCUT2D eigenvalue weighted by molar-refractivity contribution is -0.256. The van der Waals surface area contributed by atoms with E-state index in [9.17, 15) is 9.59 Å². The standard InChI is InChI=1S/C19H24N2O4/c1-2-21-16-8-7-14(17(22)20-9-4-3-5-10-20)13-15(16)19(18(21)23)24-11-6-12-25-19/h7-8,13H,2-6,9-12H2,1H3. The third-order valence-electron chi connectivity index (χ3n) is 5.27. The fourth-order valence-electron chi connectivity index (χ4n) is 3.98. The Kier molecular flexibility index (Phi) is 4.25. The Morgan fingerprint density at radius 1 is 1.12 bits per heavy atom. The molecule has 2 saturated heterocycles. The zero-order valence-electron chi connectivity index (χ0n) is 14.6. The van der Waals surface area contributed by atoms with Crippen molar-refractivity contribution >= 4 is 17.5 Å². The zero-order chi connectivity index (χ0) is 17.4. The smallest absolute Gasteiger partial charge is 0.292 e. The van der Waals surface area contributed by atoms with Gasteiger partial charge in [-0.15, -0.1) is 0 Å². The zero-order valence-corrected chi connectivity index (χ0v) is 14.6. The van der Waals surface area contributed by atoms with Crippen LogP contribution >= 0.6 is 0 Å². The van der Waals surface area contributed by atoms with Crippen molar-refractivity contribution in [3.63, 3.8) is 0 Å². The van der Waals surface area contributed by atoms with Crippen molar-refractivity contribution in [3.8, 4) is 0 Å². The molecular weight excluding hydrogens is 320 g/mol. The molecule has 25 heavy (non-hydrogen) atoms. The predicted molar refractivity (Wildman–Crippen MR) is 92.4 cm³/mol. The number of hydrogen-bond acceptors (Lipinski definition) is 4. The molecule has 1 aromatic carbocycles. The fourth-order valence-corrected chi connectivity index (χ4v) is 3.98. The molecule has 0 bridgehead atoms. The highest BCUT2D eigenvalue weighted by molar-refractivity contribution is 6.07. The first-order valence-corrected chi connectivity index (χ1v) is 9.21. The van der Waals surface area contributed by atoms with Crippen molar-refractivity contribution in [1.82, 2.24) is 4.90 Å². The number of hydrogen-bond donors (Lipinski definition) is 0. The number of ether oxygens (including phenoxy) is 2. The minimum absolute atomic E-state index is 0.0239. The Morgan fingerprint density at radius 2 is 1.84 bits per heavy atom. The van der Waals surface area contributed by atoms with Gasteiger partial charge in [-0.3, -0.25) is 9.59 Å². The molecule has 0 aromatic heterocycles. The lowest BCUT2D eigenvalue weighted by Crippen LogP contribution is -2.47. The Bertz CT molecular complexity index is 691. The molecule has 4 rings (SSSR count). The quantitative estimate of drug-likeness (QED) is 0.826. The van der Waals surface area contributed by atoms with E-state index < -0.39 is 5.79 Å². The summed E-state index contributed by atoms with van der Waals surface area (Å²) in [4.78, 5) is 29.4. The van der Waals surface area contributed by atoms with Gasteiger partial charge in [-0.1, -0.05) is 0 Å². The first-order chi connectivity index (χ1) is 12.2. The molecule has 1 spiro atoms. The van der Waals surface area contributed by atoms with Crippen LogP contribution in [0.3, 0.4) is 0 Å². The van der Waals surface area contributed by atoms with Gasteiger partial charge in [0.1, 0.15) is 0 Å². The van der Waals surface area contributed by atoms with Gasteiger partial charge in [-0.2, -0.15) is 0 Å². The molecule has 0 aliphatic carbocycles. The molecule has 0 N–H and O–H groups in total. The largest absolute Gasteiger partial charge is 0.339 e. The normalized spacial score (nSPS) is 22.4. The predicted octanol–water partition coefficient (Wildman–Crippen LogP) is 2.27. The molecule has 1 aromatic rings. The number of nitrogens with zero attached hydrogens (tertiary/aromatic N) is 2. The number of carbonyl (C=O) groups is 2. The average Bonchev–Trinajstić information content (AvgIpc) is 2.90. The second-order valence-corrected chi connectivity index (χ2v) is 6.80. The van der Waals surface area contributed by atoms with Gasteiger partial charge in [-0.05, 0) is 50.8 Å². The fraction of sp³-hybridized carbons (Fsp3) is 0.579. The van der Waals surface area contributed by atoms with E-state index in [1.54, 1.807) is 11.0 Å². The Morgan fingerprint density at radius 3 is 2.52 bits per heavy atom. The van der Waals surface area contributed by atoms with Gasteiger partial charge in [0.25, 0.3) is 17.6 Å². The number of likely N-dealkylation sites (tertiary alicyclic amines) is 1. The number of piperidine rings is 1. The van der Waals surface area contributed by atoms with E-state index in [1.165, 1.54) is 6.42 Å². The van der Waals surface area contributed by atoms with Gasteiger partial charge in [0.15, 0.2) is 0 Å². The third kappa shape index (κ3) is 2.55. The summed E-state index contributed by atoms with van der Waals surface area (Å²) < 4.78 is 11.7. The van der Waals surface area contributed by atoms with Gasteiger partial charge >= 0.3 is 0 Å². The molecule has 6 nitrogen and oxygen atoms in total. The minimum atomic E-state index is -1.37. The van der Waals surface area contributed by atoms with E-state index in [4.69, 9.17) is 9.47 Å². The summed E-state index contributed by atoms with van der Waals surface area (Å²) in [6.07, 6.45) is 4.05. The number of benzene rings is 1. The molecule has 3 aliphatic rings. The first kappa shape index (κ1) is 16.5. The average molecular weight is 344 g/mol. The van der Waals surface area contributed by atoms with E-state index in [0.29, 0.717) is 30.9 Å². The summed E-state index contributed by atoms with van der Waals surface area (Å²) in [6, 6.07) is 5.46. The molecule has 134 valence electrons. The van der Waals surface area contributed by atoms with Gasteiger partial charge in [0.2, 0.25) is 0 Å². The van der Waals surface area contributed by atoms with Crippen LogP contribution < -0.4 is 4.90 Å². The molecular formula is C19H24N2O4. The monoisotopic (exact) mass is 344 g/mol. The highest BCUT2D eigenvalue weighted by Gasteiger charge is 2.54. The minimum Gasteiger partial charge on any atom is -0.339 e. The number of anilines is 1. The van der Waals surface area contributed by atoms with Crippen LogP contribution in [0, 0.1) is 0 Å². The maximum Gasteiger partial charge on any atom is 0.292 e. The Balaban J connectivity index is 1.73. The van der Waals surface area contributed by atoms with Crippen LogP contribution in [0.4, 0.5) is 5.69 Å². The summed E-state index contributed by atoms with van der Waals surface area (Å²) in [5, 5.41) is 0. The first-order valence-electron chi connectivity index (χ1n) is 9.21. The van der Waals surface area contributed by atoms with Crippen molar-refractivity contribution in [2.75, 3.05) is 37.7 Å². The van der Waals surface area contributed by atoms with Crippen LogP contribution in [-0.4, -0.2) is 49.6 Å². The lowest BCUT2D eigenvalue weighted by atomic mass is 10.0. The van der Waals surface area contributed by atoms with E-state index in [-0.39, 0.29) is 11.8 Å². The number of carbonyl (C=O) groups excluding carboxylic acids is 2. The maximum absolute atomic E-state index is 12.9. The van der Waals surface area contributed by atoms with Crippen molar-refractivity contribution in [2.45, 2.75) is 38.4 Å².